The summed E-state index contributed by atoms with van der Waals surface area (Å²) in [6.45, 7) is 0.487. The topological polar surface area (TPSA) is 56.8 Å². The van der Waals surface area contributed by atoms with Gasteiger partial charge in [-0.05, 0) is 24.6 Å². The standard InChI is InChI=1S/C18H21NO4/c1-21-15-11-14(17(23-3)16(12-15)22-2)9-10-19-18(20)13-7-5-4-6-8-13/h4-8,11-12H,9-10H2,1-3H3,(H,19,20). The maximum atomic E-state index is 12.0. The lowest BCUT2D eigenvalue weighted by Crippen LogP contribution is -2.25. The van der Waals surface area contributed by atoms with Crippen molar-refractivity contribution >= 4 is 5.91 Å². The van der Waals surface area contributed by atoms with Crippen molar-refractivity contribution in [3.05, 3.63) is 53.6 Å². The van der Waals surface area contributed by atoms with Crippen molar-refractivity contribution in [2.24, 2.45) is 0 Å². The zero-order valence-corrected chi connectivity index (χ0v) is 13.6. The van der Waals surface area contributed by atoms with Gasteiger partial charge in [0.15, 0.2) is 11.5 Å². The van der Waals surface area contributed by atoms with Crippen LogP contribution in [0.4, 0.5) is 0 Å². The Morgan fingerprint density at radius 3 is 2.35 bits per heavy atom. The second-order valence-electron chi connectivity index (χ2n) is 4.89. The molecule has 1 amide bonds. The molecule has 0 saturated heterocycles. The van der Waals surface area contributed by atoms with Crippen LogP contribution < -0.4 is 19.5 Å². The predicted molar refractivity (Wildman–Crippen MR) is 88.6 cm³/mol. The van der Waals surface area contributed by atoms with E-state index in [9.17, 15) is 4.79 Å². The highest BCUT2D eigenvalue weighted by Crippen LogP contribution is 2.35. The van der Waals surface area contributed by atoms with Crippen LogP contribution in [-0.4, -0.2) is 33.8 Å². The van der Waals surface area contributed by atoms with Gasteiger partial charge in [-0.1, -0.05) is 18.2 Å². The minimum atomic E-state index is -0.0978. The molecular formula is C18H21NO4. The van der Waals surface area contributed by atoms with E-state index in [0.29, 0.717) is 35.8 Å². The number of hydrogen-bond donors (Lipinski definition) is 1. The SMILES string of the molecule is COc1cc(CCNC(=O)c2ccccc2)c(OC)c(OC)c1. The first-order chi connectivity index (χ1) is 11.2. The maximum absolute atomic E-state index is 12.0. The van der Waals surface area contributed by atoms with E-state index in [2.05, 4.69) is 5.32 Å². The number of hydrogen-bond acceptors (Lipinski definition) is 4. The summed E-state index contributed by atoms with van der Waals surface area (Å²) in [6.07, 6.45) is 0.606. The van der Waals surface area contributed by atoms with Gasteiger partial charge in [-0.15, -0.1) is 0 Å². The normalized spacial score (nSPS) is 10.0. The number of carbonyl (C=O) groups is 1. The molecule has 5 heteroatoms. The Morgan fingerprint density at radius 1 is 1.00 bits per heavy atom. The van der Waals surface area contributed by atoms with Gasteiger partial charge in [0.1, 0.15) is 5.75 Å². The number of methoxy groups -OCH3 is 3. The van der Waals surface area contributed by atoms with Crippen molar-refractivity contribution in [1.29, 1.82) is 0 Å². The van der Waals surface area contributed by atoms with E-state index >= 15 is 0 Å². The molecule has 2 rings (SSSR count). The maximum Gasteiger partial charge on any atom is 0.251 e. The Bertz CT molecular complexity index is 656. The number of carbonyl (C=O) groups excluding carboxylic acids is 1. The Morgan fingerprint density at radius 2 is 1.74 bits per heavy atom. The van der Waals surface area contributed by atoms with Gasteiger partial charge in [0.25, 0.3) is 5.91 Å². The molecule has 2 aromatic carbocycles. The molecule has 0 unspecified atom stereocenters. The van der Waals surface area contributed by atoms with E-state index < -0.39 is 0 Å². The molecule has 0 aliphatic carbocycles. The van der Waals surface area contributed by atoms with Crippen LogP contribution in [0.2, 0.25) is 0 Å². The largest absolute Gasteiger partial charge is 0.497 e. The molecule has 0 bridgehead atoms. The smallest absolute Gasteiger partial charge is 0.251 e. The fraction of sp³-hybridized carbons (Fsp3) is 0.278. The lowest BCUT2D eigenvalue weighted by Gasteiger charge is -2.15. The van der Waals surface area contributed by atoms with Crippen molar-refractivity contribution in [3.63, 3.8) is 0 Å². The Kier molecular flexibility index (Phi) is 5.86. The molecule has 122 valence electrons. The molecule has 2 aromatic rings. The monoisotopic (exact) mass is 315 g/mol. The summed E-state index contributed by atoms with van der Waals surface area (Å²) in [7, 11) is 4.77. The first kappa shape index (κ1) is 16.7. The molecule has 0 aliphatic heterocycles. The zero-order chi connectivity index (χ0) is 16.7. The quantitative estimate of drug-likeness (QED) is 0.853. The van der Waals surface area contributed by atoms with Crippen molar-refractivity contribution in [2.75, 3.05) is 27.9 Å². The van der Waals surface area contributed by atoms with E-state index in [4.69, 9.17) is 14.2 Å². The van der Waals surface area contributed by atoms with Gasteiger partial charge in [-0.2, -0.15) is 0 Å². The molecule has 0 heterocycles. The predicted octanol–water partition coefficient (Wildman–Crippen LogP) is 2.68. The first-order valence-electron chi connectivity index (χ1n) is 7.31. The molecule has 0 radical (unpaired) electrons. The summed E-state index contributed by atoms with van der Waals surface area (Å²) in [5.74, 6) is 1.85. The van der Waals surface area contributed by atoms with E-state index in [1.807, 2.05) is 24.3 Å². The fourth-order valence-electron chi connectivity index (χ4n) is 2.32. The lowest BCUT2D eigenvalue weighted by molar-refractivity contribution is 0.0954. The fourth-order valence-corrected chi connectivity index (χ4v) is 2.32. The van der Waals surface area contributed by atoms with Crippen LogP contribution in [0.5, 0.6) is 17.2 Å². The van der Waals surface area contributed by atoms with Crippen LogP contribution in [0.15, 0.2) is 42.5 Å². The van der Waals surface area contributed by atoms with Crippen molar-refractivity contribution in [2.45, 2.75) is 6.42 Å². The third-order valence-corrected chi connectivity index (χ3v) is 3.48. The van der Waals surface area contributed by atoms with E-state index in [-0.39, 0.29) is 5.91 Å². The van der Waals surface area contributed by atoms with E-state index in [0.717, 1.165) is 5.56 Å². The van der Waals surface area contributed by atoms with Gasteiger partial charge < -0.3 is 19.5 Å². The second-order valence-corrected chi connectivity index (χ2v) is 4.89. The van der Waals surface area contributed by atoms with Gasteiger partial charge in [0.05, 0.1) is 21.3 Å². The number of benzene rings is 2. The summed E-state index contributed by atoms with van der Waals surface area (Å²) >= 11 is 0. The van der Waals surface area contributed by atoms with Gasteiger partial charge in [0, 0.05) is 23.7 Å². The first-order valence-corrected chi connectivity index (χ1v) is 7.31. The van der Waals surface area contributed by atoms with Crippen LogP contribution in [0.1, 0.15) is 15.9 Å². The molecule has 0 aliphatic rings. The molecule has 0 saturated carbocycles. The molecule has 5 nitrogen and oxygen atoms in total. The molecule has 0 aromatic heterocycles. The third kappa shape index (κ3) is 4.16. The van der Waals surface area contributed by atoms with Crippen LogP contribution in [0, 0.1) is 0 Å². The zero-order valence-electron chi connectivity index (χ0n) is 13.6. The Balaban J connectivity index is 2.06. The highest BCUT2D eigenvalue weighted by molar-refractivity contribution is 5.94. The third-order valence-electron chi connectivity index (χ3n) is 3.48. The number of nitrogens with one attached hydrogen (secondary N) is 1. The van der Waals surface area contributed by atoms with Crippen molar-refractivity contribution in [1.82, 2.24) is 5.32 Å². The minimum absolute atomic E-state index is 0.0978. The Hall–Kier alpha value is -2.69. The van der Waals surface area contributed by atoms with Gasteiger partial charge in [-0.3, -0.25) is 4.79 Å². The summed E-state index contributed by atoms with van der Waals surface area (Å²) in [4.78, 5) is 12.0. The van der Waals surface area contributed by atoms with Crippen molar-refractivity contribution < 1.29 is 19.0 Å². The molecule has 23 heavy (non-hydrogen) atoms. The highest BCUT2D eigenvalue weighted by Gasteiger charge is 2.13. The van der Waals surface area contributed by atoms with Gasteiger partial charge in [0.2, 0.25) is 0 Å². The van der Waals surface area contributed by atoms with Gasteiger partial charge >= 0.3 is 0 Å². The number of rotatable bonds is 7. The summed E-state index contributed by atoms with van der Waals surface area (Å²) < 4.78 is 16.0. The molecule has 1 N–H and O–H groups in total. The summed E-state index contributed by atoms with van der Waals surface area (Å²) in [6, 6.07) is 12.8. The number of ether oxygens (including phenoxy) is 3. The summed E-state index contributed by atoms with van der Waals surface area (Å²) in [5, 5.41) is 2.90. The number of amides is 1. The molecule has 0 fully saturated rings. The van der Waals surface area contributed by atoms with Crippen LogP contribution in [-0.2, 0) is 6.42 Å². The average molecular weight is 315 g/mol. The second kappa shape index (κ2) is 8.08. The molecule has 0 spiro atoms. The van der Waals surface area contributed by atoms with Crippen LogP contribution in [0.25, 0.3) is 0 Å². The van der Waals surface area contributed by atoms with Gasteiger partial charge in [-0.25, -0.2) is 0 Å². The lowest BCUT2D eigenvalue weighted by atomic mass is 10.1. The van der Waals surface area contributed by atoms with Crippen LogP contribution in [0.3, 0.4) is 0 Å². The minimum Gasteiger partial charge on any atom is -0.497 e. The molecular weight excluding hydrogens is 294 g/mol. The Labute approximate surface area is 136 Å². The van der Waals surface area contributed by atoms with E-state index in [1.165, 1.54) is 0 Å². The van der Waals surface area contributed by atoms with Crippen molar-refractivity contribution in [3.8, 4) is 17.2 Å². The highest BCUT2D eigenvalue weighted by atomic mass is 16.5. The molecule has 0 atom stereocenters. The summed E-state index contributed by atoms with van der Waals surface area (Å²) in [5.41, 5.74) is 1.56. The van der Waals surface area contributed by atoms with Crippen LogP contribution >= 0.6 is 0 Å². The van der Waals surface area contributed by atoms with E-state index in [1.54, 1.807) is 39.5 Å². The average Bonchev–Trinajstić information content (AvgIpc) is 2.61.